The Morgan fingerprint density at radius 2 is 1.79 bits per heavy atom. The third-order valence-electron chi connectivity index (χ3n) is 6.30. The molecule has 0 N–H and O–H groups in total. The van der Waals surface area contributed by atoms with Gasteiger partial charge in [-0.2, -0.15) is 4.31 Å². The second kappa shape index (κ2) is 9.61. The number of piperidine rings is 1. The summed E-state index contributed by atoms with van der Waals surface area (Å²) < 4.78 is 51.2. The van der Waals surface area contributed by atoms with Crippen LogP contribution in [-0.2, 0) is 32.4 Å². The average Bonchev–Trinajstić information content (AvgIpc) is 3.30. The number of ether oxygens (including phenoxy) is 2. The van der Waals surface area contributed by atoms with Gasteiger partial charge in [0.15, 0.2) is 6.61 Å². The molecular formula is C24H26FNO6S. The average molecular weight is 476 g/mol. The van der Waals surface area contributed by atoms with Crippen molar-refractivity contribution in [3.63, 3.8) is 0 Å². The van der Waals surface area contributed by atoms with E-state index in [1.54, 1.807) is 12.1 Å². The third kappa shape index (κ3) is 4.94. The zero-order chi connectivity index (χ0) is 23.6. The number of benzene rings is 2. The SMILES string of the molecule is COc1ccc(F)cc1C(=O)COC(=O)C1CCN(S(=O)(=O)c2ccc3c(c2)CCC3)CC1. The maximum Gasteiger partial charge on any atom is 0.309 e. The van der Waals surface area contributed by atoms with Crippen molar-refractivity contribution in [3.8, 4) is 5.75 Å². The van der Waals surface area contributed by atoms with Crippen LogP contribution in [0.4, 0.5) is 4.39 Å². The predicted octanol–water partition coefficient (Wildman–Crippen LogP) is 3.15. The van der Waals surface area contributed by atoms with Crippen LogP contribution in [0.25, 0.3) is 0 Å². The molecule has 1 saturated heterocycles. The number of sulfonamides is 1. The van der Waals surface area contributed by atoms with Gasteiger partial charge in [0.05, 0.1) is 23.5 Å². The van der Waals surface area contributed by atoms with Gasteiger partial charge in [-0.1, -0.05) is 6.07 Å². The number of hydrogen-bond acceptors (Lipinski definition) is 6. The molecule has 0 bridgehead atoms. The van der Waals surface area contributed by atoms with Crippen molar-refractivity contribution in [1.29, 1.82) is 0 Å². The van der Waals surface area contributed by atoms with Gasteiger partial charge in [-0.15, -0.1) is 0 Å². The van der Waals surface area contributed by atoms with Crippen molar-refractivity contribution >= 4 is 21.8 Å². The number of rotatable bonds is 7. The first-order valence-corrected chi connectivity index (χ1v) is 12.4. The second-order valence-electron chi connectivity index (χ2n) is 8.34. The number of carbonyl (C=O) groups excluding carboxylic acids is 2. The number of aryl methyl sites for hydroxylation is 2. The summed E-state index contributed by atoms with van der Waals surface area (Å²) in [5.41, 5.74) is 2.30. The Morgan fingerprint density at radius 1 is 1.06 bits per heavy atom. The minimum absolute atomic E-state index is 0.000518. The van der Waals surface area contributed by atoms with Crippen LogP contribution in [0.5, 0.6) is 5.75 Å². The van der Waals surface area contributed by atoms with Crippen molar-refractivity contribution < 1.29 is 31.9 Å². The summed E-state index contributed by atoms with van der Waals surface area (Å²) in [6, 6.07) is 8.87. The Bertz CT molecular complexity index is 1170. The Balaban J connectivity index is 1.33. The summed E-state index contributed by atoms with van der Waals surface area (Å²) in [5.74, 6) is -2.03. The molecule has 1 fully saturated rings. The van der Waals surface area contributed by atoms with E-state index in [1.165, 1.54) is 29.1 Å². The summed E-state index contributed by atoms with van der Waals surface area (Å²) in [4.78, 5) is 25.1. The predicted molar refractivity (Wildman–Crippen MR) is 118 cm³/mol. The Hall–Kier alpha value is -2.78. The molecule has 0 spiro atoms. The summed E-state index contributed by atoms with van der Waals surface area (Å²) in [6.45, 7) is -0.137. The topological polar surface area (TPSA) is 90.0 Å². The molecule has 2 aliphatic rings. The van der Waals surface area contributed by atoms with Crippen LogP contribution in [0.1, 0.15) is 40.7 Å². The van der Waals surface area contributed by atoms with E-state index in [9.17, 15) is 22.4 Å². The van der Waals surface area contributed by atoms with E-state index in [2.05, 4.69) is 0 Å². The maximum atomic E-state index is 13.5. The Labute approximate surface area is 192 Å². The number of halogens is 1. The van der Waals surface area contributed by atoms with E-state index >= 15 is 0 Å². The highest BCUT2D eigenvalue weighted by Gasteiger charge is 2.33. The highest BCUT2D eigenvalue weighted by atomic mass is 32.2. The lowest BCUT2D eigenvalue weighted by Gasteiger charge is -2.30. The fourth-order valence-electron chi connectivity index (χ4n) is 4.42. The molecule has 0 amide bonds. The minimum atomic E-state index is -3.63. The highest BCUT2D eigenvalue weighted by molar-refractivity contribution is 7.89. The molecule has 0 radical (unpaired) electrons. The third-order valence-corrected chi connectivity index (χ3v) is 8.20. The molecule has 0 unspecified atom stereocenters. The molecule has 2 aromatic carbocycles. The van der Waals surface area contributed by atoms with Crippen LogP contribution < -0.4 is 4.74 Å². The standard InChI is InChI=1S/C24H26FNO6S/c1-31-23-8-6-19(25)14-21(23)22(27)15-32-24(28)17-9-11-26(12-10-17)33(29,30)20-7-5-16-3-2-4-18(16)13-20/h5-8,13-14,17H,2-4,9-12,15H2,1H3. The number of Topliss-reactive ketones (excluding diaryl/α,β-unsaturated/α-hetero) is 1. The quantitative estimate of drug-likeness (QED) is 0.452. The fraction of sp³-hybridized carbons (Fsp3) is 0.417. The molecular weight excluding hydrogens is 449 g/mol. The van der Waals surface area contributed by atoms with Gasteiger partial charge in [0, 0.05) is 13.1 Å². The summed E-state index contributed by atoms with van der Waals surface area (Å²) >= 11 is 0. The number of nitrogens with zero attached hydrogens (tertiary/aromatic N) is 1. The Kier molecular flexibility index (Phi) is 6.81. The van der Waals surface area contributed by atoms with Gasteiger partial charge in [-0.05, 0) is 73.6 Å². The minimum Gasteiger partial charge on any atom is -0.496 e. The normalized spacial score (nSPS) is 16.9. The van der Waals surface area contributed by atoms with Gasteiger partial charge in [-0.25, -0.2) is 12.8 Å². The first-order chi connectivity index (χ1) is 15.8. The molecule has 0 aromatic heterocycles. The van der Waals surface area contributed by atoms with Crippen LogP contribution in [0, 0.1) is 11.7 Å². The summed E-state index contributed by atoms with van der Waals surface area (Å²) in [5, 5.41) is 0. The van der Waals surface area contributed by atoms with E-state index in [0.29, 0.717) is 17.7 Å². The fourth-order valence-corrected chi connectivity index (χ4v) is 5.94. The number of ketones is 1. The van der Waals surface area contributed by atoms with E-state index < -0.39 is 40.1 Å². The van der Waals surface area contributed by atoms with Gasteiger partial charge >= 0.3 is 5.97 Å². The van der Waals surface area contributed by atoms with Crippen molar-refractivity contribution in [2.45, 2.75) is 37.0 Å². The molecule has 7 nitrogen and oxygen atoms in total. The van der Waals surface area contributed by atoms with Crippen LogP contribution in [0.2, 0.25) is 0 Å². The van der Waals surface area contributed by atoms with Crippen molar-refractivity contribution in [1.82, 2.24) is 4.31 Å². The van der Waals surface area contributed by atoms with Crippen molar-refractivity contribution in [3.05, 3.63) is 58.9 Å². The van der Waals surface area contributed by atoms with Crippen molar-refractivity contribution in [2.24, 2.45) is 5.92 Å². The molecule has 1 aliphatic heterocycles. The van der Waals surface area contributed by atoms with E-state index in [4.69, 9.17) is 9.47 Å². The first kappa shape index (κ1) is 23.4. The molecule has 176 valence electrons. The lowest BCUT2D eigenvalue weighted by Crippen LogP contribution is -2.40. The van der Waals surface area contributed by atoms with Gasteiger partial charge in [0.2, 0.25) is 15.8 Å². The van der Waals surface area contributed by atoms with Crippen molar-refractivity contribution in [2.75, 3.05) is 26.8 Å². The molecule has 33 heavy (non-hydrogen) atoms. The van der Waals surface area contributed by atoms with E-state index in [0.717, 1.165) is 30.9 Å². The van der Waals surface area contributed by atoms with Gasteiger partial charge in [-0.3, -0.25) is 9.59 Å². The number of hydrogen-bond donors (Lipinski definition) is 0. The lowest BCUT2D eigenvalue weighted by atomic mass is 9.98. The van der Waals surface area contributed by atoms with Crippen LogP contribution in [-0.4, -0.2) is 51.3 Å². The van der Waals surface area contributed by atoms with Gasteiger partial charge in [0.1, 0.15) is 11.6 Å². The first-order valence-electron chi connectivity index (χ1n) is 10.9. The number of methoxy groups -OCH3 is 1. The number of carbonyl (C=O) groups is 2. The molecule has 0 atom stereocenters. The molecule has 1 aliphatic carbocycles. The second-order valence-corrected chi connectivity index (χ2v) is 10.3. The Morgan fingerprint density at radius 3 is 2.52 bits per heavy atom. The number of esters is 1. The van der Waals surface area contributed by atoms with E-state index in [1.807, 2.05) is 6.07 Å². The molecule has 4 rings (SSSR count). The zero-order valence-electron chi connectivity index (χ0n) is 18.4. The maximum absolute atomic E-state index is 13.5. The molecule has 0 saturated carbocycles. The molecule has 9 heteroatoms. The smallest absolute Gasteiger partial charge is 0.309 e. The monoisotopic (exact) mass is 475 g/mol. The number of fused-ring (bicyclic) bond motifs is 1. The van der Waals surface area contributed by atoms with Crippen LogP contribution in [0.3, 0.4) is 0 Å². The summed E-state index contributed by atoms with van der Waals surface area (Å²) in [7, 11) is -2.27. The highest BCUT2D eigenvalue weighted by Crippen LogP contribution is 2.29. The van der Waals surface area contributed by atoms with E-state index in [-0.39, 0.29) is 24.4 Å². The van der Waals surface area contributed by atoms with Gasteiger partial charge in [0.25, 0.3) is 0 Å². The van der Waals surface area contributed by atoms with Gasteiger partial charge < -0.3 is 9.47 Å². The van der Waals surface area contributed by atoms with Crippen LogP contribution >= 0.6 is 0 Å². The largest absolute Gasteiger partial charge is 0.496 e. The summed E-state index contributed by atoms with van der Waals surface area (Å²) in [6.07, 6.45) is 3.53. The molecule has 1 heterocycles. The lowest BCUT2D eigenvalue weighted by molar-refractivity contribution is -0.148. The van der Waals surface area contributed by atoms with Crippen LogP contribution in [0.15, 0.2) is 41.3 Å². The zero-order valence-corrected chi connectivity index (χ0v) is 19.2. The molecule has 2 aromatic rings.